The van der Waals surface area contributed by atoms with Crippen LogP contribution in [0.15, 0.2) is 12.3 Å². The molecule has 17 heavy (non-hydrogen) atoms. The molecule has 0 saturated heterocycles. The van der Waals surface area contributed by atoms with Gasteiger partial charge in [0.25, 0.3) is 0 Å². The molecule has 0 saturated carbocycles. The van der Waals surface area contributed by atoms with Crippen molar-refractivity contribution in [1.29, 1.82) is 0 Å². The first kappa shape index (κ1) is 14.0. The van der Waals surface area contributed by atoms with E-state index in [2.05, 4.69) is 24.1 Å². The maximum atomic E-state index is 5.84. The van der Waals surface area contributed by atoms with Gasteiger partial charge in [0, 0.05) is 30.1 Å². The number of aromatic nitrogens is 1. The minimum Gasteiger partial charge on any atom is -0.493 e. The predicted octanol–water partition coefficient (Wildman–Crippen LogP) is 3.07. The zero-order chi connectivity index (χ0) is 12.5. The molecule has 0 aliphatic heterocycles. The van der Waals surface area contributed by atoms with E-state index in [4.69, 9.17) is 4.74 Å². The number of ether oxygens (including phenoxy) is 1. The maximum absolute atomic E-state index is 5.84. The molecule has 0 aliphatic rings. The highest BCUT2D eigenvalue weighted by Gasteiger charge is 2.04. The van der Waals surface area contributed by atoms with Crippen LogP contribution in [-0.2, 0) is 6.54 Å². The van der Waals surface area contributed by atoms with Crippen molar-refractivity contribution in [2.45, 2.75) is 46.6 Å². The highest BCUT2D eigenvalue weighted by atomic mass is 16.5. The van der Waals surface area contributed by atoms with E-state index in [0.717, 1.165) is 43.1 Å². The van der Waals surface area contributed by atoms with E-state index in [9.17, 15) is 0 Å². The van der Waals surface area contributed by atoms with Crippen LogP contribution in [0, 0.1) is 6.92 Å². The lowest BCUT2D eigenvalue weighted by molar-refractivity contribution is 0.302. The molecule has 0 unspecified atom stereocenters. The molecule has 1 aromatic heterocycles. The third-order valence-corrected chi connectivity index (χ3v) is 2.65. The number of hydrogen-bond donors (Lipinski definition) is 1. The normalized spacial score (nSPS) is 10.5. The van der Waals surface area contributed by atoms with Crippen molar-refractivity contribution in [3.8, 4) is 5.75 Å². The lowest BCUT2D eigenvalue weighted by Crippen LogP contribution is -2.13. The van der Waals surface area contributed by atoms with Gasteiger partial charge in [0.1, 0.15) is 5.75 Å². The Kier molecular flexibility index (Phi) is 6.63. The van der Waals surface area contributed by atoms with Gasteiger partial charge >= 0.3 is 0 Å². The minimum absolute atomic E-state index is 0.802. The lowest BCUT2D eigenvalue weighted by atomic mass is 10.2. The van der Waals surface area contributed by atoms with E-state index in [1.165, 1.54) is 12.8 Å². The van der Waals surface area contributed by atoms with Crippen molar-refractivity contribution < 1.29 is 4.74 Å². The van der Waals surface area contributed by atoms with Crippen molar-refractivity contribution in [2.24, 2.45) is 0 Å². The van der Waals surface area contributed by atoms with Gasteiger partial charge < -0.3 is 10.1 Å². The van der Waals surface area contributed by atoms with Gasteiger partial charge in [-0.15, -0.1) is 0 Å². The van der Waals surface area contributed by atoms with E-state index in [1.54, 1.807) is 0 Å². The van der Waals surface area contributed by atoms with Crippen molar-refractivity contribution in [1.82, 2.24) is 10.3 Å². The van der Waals surface area contributed by atoms with Gasteiger partial charge in [-0.1, -0.05) is 26.7 Å². The smallest absolute Gasteiger partial charge is 0.127 e. The first-order valence-corrected chi connectivity index (χ1v) is 6.57. The Morgan fingerprint density at radius 2 is 2.12 bits per heavy atom. The predicted molar refractivity (Wildman–Crippen MR) is 71.4 cm³/mol. The monoisotopic (exact) mass is 236 g/mol. The lowest BCUT2D eigenvalue weighted by Gasteiger charge is -2.12. The van der Waals surface area contributed by atoms with Crippen molar-refractivity contribution in [2.75, 3.05) is 13.2 Å². The number of hydrogen-bond acceptors (Lipinski definition) is 3. The van der Waals surface area contributed by atoms with Crippen molar-refractivity contribution in [3.05, 3.63) is 23.5 Å². The summed E-state index contributed by atoms with van der Waals surface area (Å²) in [5, 5.41) is 3.31. The van der Waals surface area contributed by atoms with E-state index in [0.29, 0.717) is 0 Å². The van der Waals surface area contributed by atoms with Crippen LogP contribution < -0.4 is 10.1 Å². The Morgan fingerprint density at radius 3 is 2.82 bits per heavy atom. The second-order valence-electron chi connectivity index (χ2n) is 4.27. The van der Waals surface area contributed by atoms with Crippen LogP contribution in [0.1, 0.15) is 44.4 Å². The molecule has 0 bridgehead atoms. The molecule has 0 aliphatic carbocycles. The molecule has 1 aromatic rings. The number of aryl methyl sites for hydroxylation is 1. The molecule has 1 heterocycles. The molecule has 96 valence electrons. The average Bonchev–Trinajstić information content (AvgIpc) is 2.33. The van der Waals surface area contributed by atoms with Crippen LogP contribution in [0.4, 0.5) is 0 Å². The van der Waals surface area contributed by atoms with Crippen LogP contribution in [-0.4, -0.2) is 18.1 Å². The first-order chi connectivity index (χ1) is 8.27. The summed E-state index contributed by atoms with van der Waals surface area (Å²) in [6.45, 7) is 8.89. The van der Waals surface area contributed by atoms with Crippen LogP contribution in [0.5, 0.6) is 5.75 Å². The molecule has 0 spiro atoms. The van der Waals surface area contributed by atoms with Gasteiger partial charge in [-0.3, -0.25) is 4.98 Å². The third-order valence-electron chi connectivity index (χ3n) is 2.65. The number of pyridine rings is 1. The molecular formula is C14H24N2O. The van der Waals surface area contributed by atoms with Crippen LogP contribution in [0.3, 0.4) is 0 Å². The Hall–Kier alpha value is -1.09. The fourth-order valence-electron chi connectivity index (χ4n) is 1.62. The summed E-state index contributed by atoms with van der Waals surface area (Å²) >= 11 is 0. The minimum atomic E-state index is 0.802. The summed E-state index contributed by atoms with van der Waals surface area (Å²) in [6.07, 6.45) is 5.49. The van der Waals surface area contributed by atoms with Crippen molar-refractivity contribution in [3.63, 3.8) is 0 Å². The standard InChI is InChI=1S/C14H24N2O/c1-4-6-7-8-17-14-9-12(3)16-11-13(14)10-15-5-2/h9,11,15H,4-8,10H2,1-3H3. The van der Waals surface area contributed by atoms with Gasteiger partial charge in [-0.25, -0.2) is 0 Å². The van der Waals surface area contributed by atoms with Crippen molar-refractivity contribution >= 4 is 0 Å². The molecular weight excluding hydrogens is 212 g/mol. The number of nitrogens with one attached hydrogen (secondary N) is 1. The fraction of sp³-hybridized carbons (Fsp3) is 0.643. The van der Waals surface area contributed by atoms with Crippen LogP contribution in [0.25, 0.3) is 0 Å². The average molecular weight is 236 g/mol. The molecule has 0 fully saturated rings. The zero-order valence-corrected chi connectivity index (χ0v) is 11.3. The topological polar surface area (TPSA) is 34.1 Å². The van der Waals surface area contributed by atoms with E-state index in [1.807, 2.05) is 19.2 Å². The number of rotatable bonds is 8. The molecule has 3 heteroatoms. The quantitative estimate of drug-likeness (QED) is 0.704. The zero-order valence-electron chi connectivity index (χ0n) is 11.3. The summed E-state index contributed by atoms with van der Waals surface area (Å²) in [4.78, 5) is 4.32. The maximum Gasteiger partial charge on any atom is 0.127 e. The summed E-state index contributed by atoms with van der Waals surface area (Å²) < 4.78 is 5.84. The summed E-state index contributed by atoms with van der Waals surface area (Å²) in [5.41, 5.74) is 2.16. The fourth-order valence-corrected chi connectivity index (χ4v) is 1.62. The van der Waals surface area contributed by atoms with Crippen LogP contribution >= 0.6 is 0 Å². The molecule has 3 nitrogen and oxygen atoms in total. The Morgan fingerprint density at radius 1 is 1.29 bits per heavy atom. The molecule has 1 N–H and O–H groups in total. The first-order valence-electron chi connectivity index (χ1n) is 6.57. The summed E-state index contributed by atoms with van der Waals surface area (Å²) in [5.74, 6) is 0.981. The highest BCUT2D eigenvalue weighted by molar-refractivity contribution is 5.32. The van der Waals surface area contributed by atoms with E-state index < -0.39 is 0 Å². The summed E-state index contributed by atoms with van der Waals surface area (Å²) in [6, 6.07) is 2.03. The van der Waals surface area contributed by atoms with Gasteiger partial charge in [0.2, 0.25) is 0 Å². The number of nitrogens with zero attached hydrogens (tertiary/aromatic N) is 1. The SMILES string of the molecule is CCCCCOc1cc(C)ncc1CNCC. The van der Waals surface area contributed by atoms with E-state index in [-0.39, 0.29) is 0 Å². The molecule has 1 rings (SSSR count). The molecule has 0 amide bonds. The Bertz CT molecular complexity index is 326. The highest BCUT2D eigenvalue weighted by Crippen LogP contribution is 2.19. The second kappa shape index (κ2) is 8.07. The van der Waals surface area contributed by atoms with Crippen LogP contribution in [0.2, 0.25) is 0 Å². The third kappa shape index (κ3) is 5.18. The summed E-state index contributed by atoms with van der Waals surface area (Å²) in [7, 11) is 0. The number of unbranched alkanes of at least 4 members (excludes halogenated alkanes) is 2. The van der Waals surface area contributed by atoms with Gasteiger partial charge in [0.15, 0.2) is 0 Å². The molecule has 0 aromatic carbocycles. The van der Waals surface area contributed by atoms with E-state index >= 15 is 0 Å². The van der Waals surface area contributed by atoms with Gasteiger partial charge in [-0.2, -0.15) is 0 Å². The van der Waals surface area contributed by atoms with Gasteiger partial charge in [0.05, 0.1) is 6.61 Å². The Balaban J connectivity index is 2.56. The largest absolute Gasteiger partial charge is 0.493 e. The molecule has 0 atom stereocenters. The van der Waals surface area contributed by atoms with Gasteiger partial charge in [-0.05, 0) is 19.9 Å². The Labute approximate surface area is 105 Å². The second-order valence-corrected chi connectivity index (χ2v) is 4.27. The molecule has 0 radical (unpaired) electrons.